The topological polar surface area (TPSA) is 72.1 Å². The summed E-state index contributed by atoms with van der Waals surface area (Å²) < 4.78 is 5.30. The molecule has 138 valence electrons. The van der Waals surface area contributed by atoms with E-state index in [1.54, 1.807) is 17.0 Å². The molecule has 6 nitrogen and oxygen atoms in total. The van der Waals surface area contributed by atoms with Crippen molar-refractivity contribution in [3.8, 4) is 0 Å². The number of hydrogen-bond acceptors (Lipinski definition) is 5. The fraction of sp³-hybridized carbons (Fsp3) is 0.632. The van der Waals surface area contributed by atoms with Crippen LogP contribution in [-0.2, 0) is 11.3 Å². The molecule has 1 aliphatic rings. The molecule has 0 radical (unpaired) electrons. The summed E-state index contributed by atoms with van der Waals surface area (Å²) in [6.07, 6.45) is 4.56. The average Bonchev–Trinajstić information content (AvgIpc) is 3.01. The third kappa shape index (κ3) is 5.73. The fourth-order valence-electron chi connectivity index (χ4n) is 2.56. The summed E-state index contributed by atoms with van der Waals surface area (Å²) in [6, 6.07) is 3.31. The minimum Gasteiger partial charge on any atom is -0.427 e. The average molecular weight is 348 g/mol. The number of hydrogen-bond donors (Lipinski definition) is 0. The molecule has 0 bridgehead atoms. The van der Waals surface area contributed by atoms with Gasteiger partial charge in [0.15, 0.2) is 0 Å². The van der Waals surface area contributed by atoms with E-state index in [2.05, 4.69) is 12.1 Å². The number of unbranched alkanes of at least 4 members (excludes halogenated alkanes) is 2. The van der Waals surface area contributed by atoms with Gasteiger partial charge in [-0.1, -0.05) is 24.9 Å². The first-order valence-electron chi connectivity index (χ1n) is 8.96. The van der Waals surface area contributed by atoms with Gasteiger partial charge in [-0.05, 0) is 39.3 Å². The van der Waals surface area contributed by atoms with Crippen molar-refractivity contribution in [3.05, 3.63) is 33.9 Å². The lowest BCUT2D eigenvalue weighted by Gasteiger charge is -2.16. The SMILES string of the molecule is CCCCCc1ccc(C(=O)N2CCC(=NOC(C)(C)C)C2)c(=O)o1. The molecule has 1 saturated heterocycles. The molecule has 1 aromatic rings. The zero-order valence-electron chi connectivity index (χ0n) is 15.6. The number of oxime groups is 1. The molecule has 1 aliphatic heterocycles. The number of amides is 1. The molecule has 0 aliphatic carbocycles. The summed E-state index contributed by atoms with van der Waals surface area (Å²) in [5, 5.41) is 4.12. The van der Waals surface area contributed by atoms with Crippen LogP contribution < -0.4 is 5.63 Å². The number of aryl methyl sites for hydroxylation is 1. The maximum atomic E-state index is 12.6. The molecule has 2 rings (SSSR count). The Morgan fingerprint density at radius 3 is 2.72 bits per heavy atom. The van der Waals surface area contributed by atoms with Gasteiger partial charge < -0.3 is 14.2 Å². The number of likely N-dealkylation sites (tertiary alicyclic amines) is 1. The van der Waals surface area contributed by atoms with Gasteiger partial charge in [-0.15, -0.1) is 0 Å². The molecular weight excluding hydrogens is 320 g/mol. The van der Waals surface area contributed by atoms with Gasteiger partial charge in [0.25, 0.3) is 5.91 Å². The molecule has 1 amide bonds. The molecule has 1 aromatic heterocycles. The minimum atomic E-state index is -0.560. The van der Waals surface area contributed by atoms with E-state index >= 15 is 0 Å². The van der Waals surface area contributed by atoms with Crippen LogP contribution in [0.4, 0.5) is 0 Å². The summed E-state index contributed by atoms with van der Waals surface area (Å²) in [6.45, 7) is 8.79. The largest absolute Gasteiger partial charge is 0.427 e. The van der Waals surface area contributed by atoms with Crippen LogP contribution in [0.2, 0.25) is 0 Å². The molecule has 0 N–H and O–H groups in total. The highest BCUT2D eigenvalue weighted by molar-refractivity contribution is 5.99. The van der Waals surface area contributed by atoms with Crippen molar-refractivity contribution in [2.75, 3.05) is 13.1 Å². The lowest BCUT2D eigenvalue weighted by atomic mass is 10.1. The van der Waals surface area contributed by atoms with E-state index in [9.17, 15) is 9.59 Å². The van der Waals surface area contributed by atoms with Crippen LogP contribution >= 0.6 is 0 Å². The Morgan fingerprint density at radius 2 is 2.08 bits per heavy atom. The maximum absolute atomic E-state index is 12.6. The van der Waals surface area contributed by atoms with E-state index in [1.807, 2.05) is 20.8 Å². The van der Waals surface area contributed by atoms with E-state index in [4.69, 9.17) is 9.25 Å². The Balaban J connectivity index is 2.00. The van der Waals surface area contributed by atoms with Crippen LogP contribution in [0.3, 0.4) is 0 Å². The first-order chi connectivity index (χ1) is 11.8. The highest BCUT2D eigenvalue weighted by Crippen LogP contribution is 2.14. The van der Waals surface area contributed by atoms with Gasteiger partial charge in [0.1, 0.15) is 16.9 Å². The van der Waals surface area contributed by atoms with Crippen molar-refractivity contribution in [1.29, 1.82) is 0 Å². The van der Waals surface area contributed by atoms with E-state index in [1.165, 1.54) is 0 Å². The molecule has 1 fully saturated rings. The van der Waals surface area contributed by atoms with Crippen LogP contribution in [-0.4, -0.2) is 35.2 Å². The molecular formula is C19H28N2O4. The van der Waals surface area contributed by atoms with Crippen LogP contribution in [0, 0.1) is 0 Å². The monoisotopic (exact) mass is 348 g/mol. The van der Waals surface area contributed by atoms with Gasteiger partial charge in [-0.25, -0.2) is 4.79 Å². The smallest absolute Gasteiger partial charge is 0.348 e. The third-order valence-electron chi connectivity index (χ3n) is 3.92. The summed E-state index contributed by atoms with van der Waals surface area (Å²) in [5.41, 5.74) is -0.0320. The van der Waals surface area contributed by atoms with Crippen LogP contribution in [0.15, 0.2) is 26.5 Å². The second-order valence-corrected chi connectivity index (χ2v) is 7.40. The van der Waals surface area contributed by atoms with Gasteiger partial charge >= 0.3 is 5.63 Å². The lowest BCUT2D eigenvalue weighted by molar-refractivity contribution is 0.000493. The van der Waals surface area contributed by atoms with Gasteiger partial charge in [0.05, 0.1) is 12.3 Å². The number of rotatable bonds is 6. The first kappa shape index (κ1) is 19.2. The molecule has 0 spiro atoms. The van der Waals surface area contributed by atoms with E-state index < -0.39 is 5.63 Å². The van der Waals surface area contributed by atoms with Crippen LogP contribution in [0.1, 0.15) is 69.5 Å². The molecule has 0 aromatic carbocycles. The van der Waals surface area contributed by atoms with Crippen molar-refractivity contribution in [1.82, 2.24) is 4.90 Å². The summed E-state index contributed by atoms with van der Waals surface area (Å²) in [4.78, 5) is 31.7. The Hall–Kier alpha value is -2.11. The van der Waals surface area contributed by atoms with Crippen LogP contribution in [0.25, 0.3) is 0 Å². The minimum absolute atomic E-state index is 0.0808. The summed E-state index contributed by atoms with van der Waals surface area (Å²) >= 11 is 0. The zero-order chi connectivity index (χ0) is 18.4. The van der Waals surface area contributed by atoms with Crippen molar-refractivity contribution >= 4 is 11.6 Å². The second-order valence-electron chi connectivity index (χ2n) is 7.40. The number of carbonyl (C=O) groups excluding carboxylic acids is 1. The highest BCUT2D eigenvalue weighted by Gasteiger charge is 2.27. The number of nitrogens with zero attached hydrogens (tertiary/aromatic N) is 2. The van der Waals surface area contributed by atoms with Gasteiger partial charge in [-0.3, -0.25) is 4.79 Å². The Morgan fingerprint density at radius 1 is 1.32 bits per heavy atom. The van der Waals surface area contributed by atoms with Crippen molar-refractivity contribution in [3.63, 3.8) is 0 Å². The van der Waals surface area contributed by atoms with Crippen LogP contribution in [0.5, 0.6) is 0 Å². The Kier molecular flexibility index (Phi) is 6.39. The zero-order valence-corrected chi connectivity index (χ0v) is 15.6. The molecule has 0 unspecified atom stereocenters. The van der Waals surface area contributed by atoms with Gasteiger partial charge in [0.2, 0.25) is 0 Å². The van der Waals surface area contributed by atoms with E-state index in [0.29, 0.717) is 25.3 Å². The molecule has 0 saturated carbocycles. The predicted octanol–water partition coefficient (Wildman–Crippen LogP) is 3.39. The standard InChI is InChI=1S/C19H28N2O4/c1-5-6-7-8-15-9-10-16(18(23)24-15)17(22)21-12-11-14(13-21)20-25-19(2,3)4/h9-10H,5-8,11-13H2,1-4H3. The maximum Gasteiger partial charge on any atom is 0.348 e. The molecule has 25 heavy (non-hydrogen) atoms. The summed E-state index contributed by atoms with van der Waals surface area (Å²) in [7, 11) is 0. The first-order valence-corrected chi connectivity index (χ1v) is 8.96. The third-order valence-corrected chi connectivity index (χ3v) is 3.92. The quantitative estimate of drug-likeness (QED) is 0.583. The molecule has 2 heterocycles. The second kappa shape index (κ2) is 8.32. The number of carbonyl (C=O) groups is 1. The van der Waals surface area contributed by atoms with Crippen molar-refractivity contribution in [2.24, 2.45) is 5.16 Å². The van der Waals surface area contributed by atoms with Crippen molar-refractivity contribution in [2.45, 2.75) is 65.4 Å². The van der Waals surface area contributed by atoms with Gasteiger partial charge in [-0.2, -0.15) is 0 Å². The highest BCUT2D eigenvalue weighted by atomic mass is 16.6. The predicted molar refractivity (Wildman–Crippen MR) is 97.0 cm³/mol. The fourth-order valence-corrected chi connectivity index (χ4v) is 2.56. The molecule has 6 heteroatoms. The Labute approximate surface area is 148 Å². The lowest BCUT2D eigenvalue weighted by Crippen LogP contribution is -2.32. The normalized spacial score (nSPS) is 16.5. The molecule has 0 atom stereocenters. The van der Waals surface area contributed by atoms with Gasteiger partial charge in [0, 0.05) is 19.4 Å². The van der Waals surface area contributed by atoms with E-state index in [-0.39, 0.29) is 17.1 Å². The Bertz CT molecular complexity index is 685. The summed E-state index contributed by atoms with van der Waals surface area (Å²) in [5.74, 6) is 0.326. The van der Waals surface area contributed by atoms with E-state index in [0.717, 1.165) is 31.4 Å². The van der Waals surface area contributed by atoms with Crippen molar-refractivity contribution < 1.29 is 14.0 Å².